The van der Waals surface area contributed by atoms with Crippen molar-refractivity contribution in [2.24, 2.45) is 4.99 Å². The molecular formula is C22H37IN4O3. The van der Waals surface area contributed by atoms with Gasteiger partial charge in [0.15, 0.2) is 17.5 Å². The highest BCUT2D eigenvalue weighted by Crippen LogP contribution is 2.30. The van der Waals surface area contributed by atoms with Gasteiger partial charge in [0.2, 0.25) is 5.91 Å². The average Bonchev–Trinajstić information content (AvgIpc) is 3.24. The predicted molar refractivity (Wildman–Crippen MR) is 132 cm³/mol. The SMILES string of the molecule is CCNC(=NCCC(=O)N1CCCC1)NC(C)c1ccc(OCC)c(OCC)c1.I. The molecule has 1 fully saturated rings. The van der Waals surface area contributed by atoms with Crippen LogP contribution in [-0.2, 0) is 4.79 Å². The molecule has 7 nitrogen and oxygen atoms in total. The van der Waals surface area contributed by atoms with Gasteiger partial charge < -0.3 is 25.0 Å². The molecule has 1 aromatic rings. The summed E-state index contributed by atoms with van der Waals surface area (Å²) in [5.74, 6) is 2.41. The minimum absolute atomic E-state index is 0. The fourth-order valence-electron chi connectivity index (χ4n) is 3.33. The number of hydrogen-bond acceptors (Lipinski definition) is 4. The van der Waals surface area contributed by atoms with E-state index in [1.165, 1.54) is 0 Å². The van der Waals surface area contributed by atoms with E-state index in [0.29, 0.717) is 32.1 Å². The Labute approximate surface area is 198 Å². The highest BCUT2D eigenvalue weighted by Gasteiger charge is 2.17. The number of ether oxygens (including phenoxy) is 2. The van der Waals surface area contributed by atoms with E-state index < -0.39 is 0 Å². The van der Waals surface area contributed by atoms with Gasteiger partial charge in [-0.05, 0) is 58.2 Å². The Balaban J connectivity index is 0.00000450. The van der Waals surface area contributed by atoms with Gasteiger partial charge in [0.05, 0.1) is 25.8 Å². The largest absolute Gasteiger partial charge is 0.490 e. The van der Waals surface area contributed by atoms with E-state index in [2.05, 4.69) is 22.5 Å². The quantitative estimate of drug-likeness (QED) is 0.273. The van der Waals surface area contributed by atoms with Crippen LogP contribution in [0.5, 0.6) is 11.5 Å². The number of aliphatic imine (C=N–C) groups is 1. The topological polar surface area (TPSA) is 75.2 Å². The van der Waals surface area contributed by atoms with Crippen molar-refractivity contribution >= 4 is 35.8 Å². The lowest BCUT2D eigenvalue weighted by atomic mass is 10.1. The summed E-state index contributed by atoms with van der Waals surface area (Å²) < 4.78 is 11.4. The zero-order chi connectivity index (χ0) is 21.1. The fourth-order valence-corrected chi connectivity index (χ4v) is 3.33. The minimum atomic E-state index is 0. The van der Waals surface area contributed by atoms with Crippen LogP contribution < -0.4 is 20.1 Å². The molecule has 0 saturated carbocycles. The summed E-state index contributed by atoms with van der Waals surface area (Å²) in [7, 11) is 0. The molecule has 1 aliphatic heterocycles. The number of amides is 1. The van der Waals surface area contributed by atoms with Crippen LogP contribution in [0.25, 0.3) is 0 Å². The number of nitrogens with zero attached hydrogens (tertiary/aromatic N) is 2. The van der Waals surface area contributed by atoms with E-state index in [9.17, 15) is 4.79 Å². The predicted octanol–water partition coefficient (Wildman–Crippen LogP) is 3.73. The van der Waals surface area contributed by atoms with E-state index in [-0.39, 0.29) is 35.9 Å². The highest BCUT2D eigenvalue weighted by atomic mass is 127. The van der Waals surface area contributed by atoms with Crippen LogP contribution in [0.1, 0.15) is 58.6 Å². The van der Waals surface area contributed by atoms with Gasteiger partial charge >= 0.3 is 0 Å². The molecule has 0 aromatic heterocycles. The van der Waals surface area contributed by atoms with Crippen LogP contribution >= 0.6 is 24.0 Å². The maximum absolute atomic E-state index is 12.2. The first-order chi connectivity index (χ1) is 14.1. The Bertz CT molecular complexity index is 678. The van der Waals surface area contributed by atoms with Gasteiger partial charge in [-0.2, -0.15) is 0 Å². The number of likely N-dealkylation sites (tertiary alicyclic amines) is 1. The molecule has 0 radical (unpaired) electrons. The number of rotatable bonds is 10. The summed E-state index contributed by atoms with van der Waals surface area (Å²) in [5.41, 5.74) is 1.08. The lowest BCUT2D eigenvalue weighted by molar-refractivity contribution is -0.129. The molecule has 0 bridgehead atoms. The van der Waals surface area contributed by atoms with Gasteiger partial charge in [-0.3, -0.25) is 9.79 Å². The van der Waals surface area contributed by atoms with E-state index in [0.717, 1.165) is 49.5 Å². The van der Waals surface area contributed by atoms with Gasteiger partial charge in [0, 0.05) is 26.1 Å². The minimum Gasteiger partial charge on any atom is -0.490 e. The number of hydrogen-bond donors (Lipinski definition) is 2. The fraction of sp³-hybridized carbons (Fsp3) is 0.636. The van der Waals surface area contributed by atoms with Crippen molar-refractivity contribution in [2.45, 2.75) is 53.0 Å². The number of benzene rings is 1. The summed E-state index contributed by atoms with van der Waals surface area (Å²) >= 11 is 0. The first-order valence-electron chi connectivity index (χ1n) is 10.8. The Morgan fingerprint density at radius 1 is 1.13 bits per heavy atom. The number of halogens is 1. The van der Waals surface area contributed by atoms with E-state index in [4.69, 9.17) is 9.47 Å². The van der Waals surface area contributed by atoms with Gasteiger partial charge in [-0.1, -0.05) is 6.07 Å². The maximum atomic E-state index is 12.2. The zero-order valence-electron chi connectivity index (χ0n) is 18.7. The second kappa shape index (κ2) is 14.3. The number of carbonyl (C=O) groups is 1. The van der Waals surface area contributed by atoms with E-state index >= 15 is 0 Å². The molecule has 2 N–H and O–H groups in total. The molecule has 1 atom stereocenters. The van der Waals surface area contributed by atoms with Crippen molar-refractivity contribution < 1.29 is 14.3 Å². The number of carbonyl (C=O) groups excluding carboxylic acids is 1. The van der Waals surface area contributed by atoms with Crippen molar-refractivity contribution in [1.82, 2.24) is 15.5 Å². The summed E-state index contributed by atoms with van der Waals surface area (Å²) in [6.45, 7) is 12.2. The van der Waals surface area contributed by atoms with Crippen molar-refractivity contribution in [3.8, 4) is 11.5 Å². The second-order valence-corrected chi connectivity index (χ2v) is 7.04. The summed E-state index contributed by atoms with van der Waals surface area (Å²) in [4.78, 5) is 18.7. The lowest BCUT2D eigenvalue weighted by Gasteiger charge is -2.20. The van der Waals surface area contributed by atoms with Crippen molar-refractivity contribution in [3.05, 3.63) is 23.8 Å². The average molecular weight is 532 g/mol. The normalized spacial score (nSPS) is 14.7. The molecule has 0 spiro atoms. The molecule has 2 rings (SSSR count). The summed E-state index contributed by atoms with van der Waals surface area (Å²) in [6.07, 6.45) is 2.67. The van der Waals surface area contributed by atoms with Crippen molar-refractivity contribution in [1.29, 1.82) is 0 Å². The number of nitrogens with one attached hydrogen (secondary N) is 2. The molecule has 170 valence electrons. The smallest absolute Gasteiger partial charge is 0.224 e. The molecule has 1 amide bonds. The Morgan fingerprint density at radius 3 is 2.43 bits per heavy atom. The lowest BCUT2D eigenvalue weighted by Crippen LogP contribution is -2.39. The maximum Gasteiger partial charge on any atom is 0.224 e. The van der Waals surface area contributed by atoms with Gasteiger partial charge in [0.25, 0.3) is 0 Å². The molecule has 30 heavy (non-hydrogen) atoms. The third kappa shape index (κ3) is 8.20. The molecule has 1 heterocycles. The van der Waals surface area contributed by atoms with Crippen LogP contribution in [0.15, 0.2) is 23.2 Å². The highest BCUT2D eigenvalue weighted by molar-refractivity contribution is 14.0. The number of guanidine groups is 1. The summed E-state index contributed by atoms with van der Waals surface area (Å²) in [5, 5.41) is 6.67. The van der Waals surface area contributed by atoms with Gasteiger partial charge in [-0.25, -0.2) is 0 Å². The molecule has 1 unspecified atom stereocenters. The van der Waals surface area contributed by atoms with Crippen LogP contribution in [0.3, 0.4) is 0 Å². The molecule has 1 saturated heterocycles. The first kappa shape index (κ1) is 26.3. The second-order valence-electron chi connectivity index (χ2n) is 7.04. The van der Waals surface area contributed by atoms with E-state index in [1.807, 2.05) is 43.9 Å². The first-order valence-corrected chi connectivity index (χ1v) is 10.8. The van der Waals surface area contributed by atoms with Crippen molar-refractivity contribution in [2.75, 3.05) is 39.4 Å². The van der Waals surface area contributed by atoms with Crippen LogP contribution in [0, 0.1) is 0 Å². The zero-order valence-corrected chi connectivity index (χ0v) is 21.0. The Morgan fingerprint density at radius 2 is 1.80 bits per heavy atom. The summed E-state index contributed by atoms with van der Waals surface area (Å²) in [6, 6.07) is 6.01. The van der Waals surface area contributed by atoms with Crippen LogP contribution in [0.2, 0.25) is 0 Å². The third-order valence-electron chi connectivity index (χ3n) is 4.82. The molecule has 1 aliphatic rings. The molecular weight excluding hydrogens is 495 g/mol. The Kier molecular flexibility index (Phi) is 12.6. The van der Waals surface area contributed by atoms with Crippen LogP contribution in [0.4, 0.5) is 0 Å². The molecule has 1 aromatic carbocycles. The van der Waals surface area contributed by atoms with E-state index in [1.54, 1.807) is 0 Å². The Hall–Kier alpha value is -1.71. The molecule has 0 aliphatic carbocycles. The van der Waals surface area contributed by atoms with Gasteiger partial charge in [-0.15, -0.1) is 24.0 Å². The van der Waals surface area contributed by atoms with Crippen LogP contribution in [-0.4, -0.2) is 56.2 Å². The monoisotopic (exact) mass is 532 g/mol. The van der Waals surface area contributed by atoms with Crippen molar-refractivity contribution in [3.63, 3.8) is 0 Å². The third-order valence-corrected chi connectivity index (χ3v) is 4.82. The molecule has 8 heteroatoms. The standard InChI is InChI=1S/C22H36N4O3.HI/c1-5-23-22(24-13-12-21(27)26-14-8-9-15-26)25-17(4)18-10-11-19(28-6-2)20(16-18)29-7-3;/h10-11,16-17H,5-9,12-15H2,1-4H3,(H2,23,24,25);1H. The van der Waals surface area contributed by atoms with Gasteiger partial charge in [0.1, 0.15) is 0 Å².